The first-order valence-corrected chi connectivity index (χ1v) is 10.0. The second-order valence-corrected chi connectivity index (χ2v) is 8.11. The molecule has 0 aliphatic carbocycles. The number of thiophene rings is 1. The summed E-state index contributed by atoms with van der Waals surface area (Å²) in [6, 6.07) is 11.4. The van der Waals surface area contributed by atoms with Gasteiger partial charge in [0.1, 0.15) is 0 Å². The molecule has 0 saturated carbocycles. The van der Waals surface area contributed by atoms with Crippen LogP contribution in [0.25, 0.3) is 10.4 Å². The Balaban J connectivity index is 1.72. The molecular formula is C18H16N2O4S2. The number of aromatic nitrogens is 1. The van der Waals surface area contributed by atoms with E-state index in [-0.39, 0.29) is 11.4 Å². The van der Waals surface area contributed by atoms with Crippen LogP contribution < -0.4 is 4.72 Å². The molecule has 2 heterocycles. The fourth-order valence-electron chi connectivity index (χ4n) is 2.31. The van der Waals surface area contributed by atoms with E-state index in [2.05, 4.69) is 14.4 Å². The van der Waals surface area contributed by atoms with Gasteiger partial charge in [0.2, 0.25) is 10.0 Å². The zero-order chi connectivity index (χ0) is 18.6. The highest BCUT2D eigenvalue weighted by atomic mass is 32.2. The Hall–Kier alpha value is -2.55. The lowest BCUT2D eigenvalue weighted by Crippen LogP contribution is -2.23. The third-order valence-corrected chi connectivity index (χ3v) is 5.99. The van der Waals surface area contributed by atoms with Gasteiger partial charge in [-0.15, -0.1) is 11.3 Å². The number of carbonyl (C=O) groups is 1. The standard InChI is InChI=1S/C18H16N2O4S2/c1-24-18(21)14-4-6-16(7-5-14)26(22,23)20-11-13-9-15(12-19-10-13)17-3-2-8-25-17/h2-10,12,20H,11H2,1H3. The van der Waals surface area contributed by atoms with E-state index in [1.807, 2.05) is 23.6 Å². The van der Waals surface area contributed by atoms with Crippen LogP contribution in [-0.2, 0) is 21.3 Å². The zero-order valence-corrected chi connectivity index (χ0v) is 15.5. The molecule has 26 heavy (non-hydrogen) atoms. The smallest absolute Gasteiger partial charge is 0.337 e. The molecule has 0 fully saturated rings. The van der Waals surface area contributed by atoms with E-state index in [9.17, 15) is 13.2 Å². The van der Waals surface area contributed by atoms with Gasteiger partial charge in [0.05, 0.1) is 17.6 Å². The maximum atomic E-state index is 12.4. The number of ether oxygens (including phenoxy) is 1. The van der Waals surface area contributed by atoms with E-state index in [1.165, 1.54) is 31.4 Å². The van der Waals surface area contributed by atoms with Crippen molar-refractivity contribution in [3.05, 3.63) is 71.4 Å². The van der Waals surface area contributed by atoms with Crippen LogP contribution in [0.2, 0.25) is 0 Å². The number of benzene rings is 1. The van der Waals surface area contributed by atoms with Gasteiger partial charge in [0.25, 0.3) is 0 Å². The van der Waals surface area contributed by atoms with Gasteiger partial charge in [0.15, 0.2) is 0 Å². The Morgan fingerprint density at radius 2 is 1.96 bits per heavy atom. The third-order valence-electron chi connectivity index (χ3n) is 3.65. The lowest BCUT2D eigenvalue weighted by atomic mass is 10.2. The van der Waals surface area contributed by atoms with Crippen molar-refractivity contribution in [2.75, 3.05) is 7.11 Å². The molecule has 0 spiro atoms. The minimum absolute atomic E-state index is 0.0764. The maximum absolute atomic E-state index is 12.4. The minimum Gasteiger partial charge on any atom is -0.465 e. The SMILES string of the molecule is COC(=O)c1ccc(S(=O)(=O)NCc2cncc(-c3cccs3)c2)cc1. The quantitative estimate of drug-likeness (QED) is 0.656. The molecule has 134 valence electrons. The van der Waals surface area contributed by atoms with E-state index < -0.39 is 16.0 Å². The first kappa shape index (κ1) is 18.2. The van der Waals surface area contributed by atoms with Gasteiger partial charge >= 0.3 is 5.97 Å². The molecular weight excluding hydrogens is 372 g/mol. The second-order valence-electron chi connectivity index (χ2n) is 5.40. The first-order chi connectivity index (χ1) is 12.5. The molecule has 8 heteroatoms. The summed E-state index contributed by atoms with van der Waals surface area (Å²) in [5.74, 6) is -0.515. The van der Waals surface area contributed by atoms with Crippen LogP contribution in [0, 0.1) is 0 Å². The monoisotopic (exact) mass is 388 g/mol. The predicted molar refractivity (Wildman–Crippen MR) is 99.4 cm³/mol. The molecule has 0 unspecified atom stereocenters. The molecule has 0 aliphatic rings. The van der Waals surface area contributed by atoms with Crippen molar-refractivity contribution in [1.29, 1.82) is 0 Å². The summed E-state index contributed by atoms with van der Waals surface area (Å²) in [5.41, 5.74) is 1.99. The van der Waals surface area contributed by atoms with E-state index in [0.717, 1.165) is 16.0 Å². The average Bonchev–Trinajstić information content (AvgIpc) is 3.21. The van der Waals surface area contributed by atoms with Crippen molar-refractivity contribution in [1.82, 2.24) is 9.71 Å². The largest absolute Gasteiger partial charge is 0.465 e. The van der Waals surface area contributed by atoms with Crippen molar-refractivity contribution in [3.63, 3.8) is 0 Å². The maximum Gasteiger partial charge on any atom is 0.337 e. The van der Waals surface area contributed by atoms with Gasteiger partial charge in [-0.3, -0.25) is 4.98 Å². The normalized spacial score (nSPS) is 11.3. The summed E-state index contributed by atoms with van der Waals surface area (Å²) in [7, 11) is -2.43. The number of hydrogen-bond acceptors (Lipinski definition) is 6. The number of esters is 1. The Morgan fingerprint density at radius 3 is 2.62 bits per heavy atom. The van der Waals surface area contributed by atoms with Crippen molar-refractivity contribution in [2.24, 2.45) is 0 Å². The van der Waals surface area contributed by atoms with Gasteiger partial charge in [-0.1, -0.05) is 6.07 Å². The summed E-state index contributed by atoms with van der Waals surface area (Å²) in [5, 5.41) is 1.97. The van der Waals surface area contributed by atoms with Crippen LogP contribution in [0.15, 0.2) is 65.1 Å². The number of methoxy groups -OCH3 is 1. The minimum atomic E-state index is -3.70. The molecule has 0 aliphatic heterocycles. The van der Waals surface area contributed by atoms with E-state index in [1.54, 1.807) is 23.7 Å². The molecule has 0 atom stereocenters. The topological polar surface area (TPSA) is 85.4 Å². The van der Waals surface area contributed by atoms with E-state index >= 15 is 0 Å². The lowest BCUT2D eigenvalue weighted by Gasteiger charge is -2.08. The number of rotatable bonds is 6. The fourth-order valence-corrected chi connectivity index (χ4v) is 4.04. The number of sulfonamides is 1. The molecule has 0 radical (unpaired) electrons. The number of hydrogen-bond donors (Lipinski definition) is 1. The van der Waals surface area contributed by atoms with Gasteiger partial charge in [0, 0.05) is 29.4 Å². The molecule has 6 nitrogen and oxygen atoms in total. The number of carbonyl (C=O) groups excluding carboxylic acids is 1. The summed E-state index contributed by atoms with van der Waals surface area (Å²) in [6.07, 6.45) is 3.37. The van der Waals surface area contributed by atoms with E-state index in [0.29, 0.717) is 5.56 Å². The fraction of sp³-hybridized carbons (Fsp3) is 0.111. The molecule has 1 aromatic carbocycles. The summed E-state index contributed by atoms with van der Waals surface area (Å²) < 4.78 is 32.0. The highest BCUT2D eigenvalue weighted by Crippen LogP contribution is 2.24. The van der Waals surface area contributed by atoms with Gasteiger partial charge in [-0.05, 0) is 47.3 Å². The molecule has 2 aromatic heterocycles. The van der Waals surface area contributed by atoms with Crippen molar-refractivity contribution >= 4 is 27.3 Å². The van der Waals surface area contributed by atoms with Crippen LogP contribution in [0.4, 0.5) is 0 Å². The van der Waals surface area contributed by atoms with Crippen LogP contribution in [-0.4, -0.2) is 26.5 Å². The van der Waals surface area contributed by atoms with Crippen molar-refractivity contribution in [3.8, 4) is 10.4 Å². The number of nitrogens with zero attached hydrogens (tertiary/aromatic N) is 1. The Morgan fingerprint density at radius 1 is 1.19 bits per heavy atom. The lowest BCUT2D eigenvalue weighted by molar-refractivity contribution is 0.0600. The van der Waals surface area contributed by atoms with Crippen molar-refractivity contribution < 1.29 is 17.9 Å². The molecule has 0 bridgehead atoms. The summed E-state index contributed by atoms with van der Waals surface area (Å²) in [4.78, 5) is 16.7. The zero-order valence-electron chi connectivity index (χ0n) is 13.9. The van der Waals surface area contributed by atoms with Crippen LogP contribution >= 0.6 is 11.3 Å². The third kappa shape index (κ3) is 4.16. The summed E-state index contributed by atoms with van der Waals surface area (Å²) >= 11 is 1.59. The second kappa shape index (κ2) is 7.77. The number of pyridine rings is 1. The van der Waals surface area contributed by atoms with Crippen LogP contribution in [0.1, 0.15) is 15.9 Å². The Bertz CT molecular complexity index is 998. The Labute approximate surface area is 155 Å². The first-order valence-electron chi connectivity index (χ1n) is 7.65. The molecule has 1 N–H and O–H groups in total. The molecule has 3 aromatic rings. The molecule has 0 saturated heterocycles. The Kier molecular flexibility index (Phi) is 5.46. The highest BCUT2D eigenvalue weighted by molar-refractivity contribution is 7.89. The van der Waals surface area contributed by atoms with E-state index in [4.69, 9.17) is 0 Å². The van der Waals surface area contributed by atoms with Crippen LogP contribution in [0.3, 0.4) is 0 Å². The van der Waals surface area contributed by atoms with Gasteiger partial charge in [-0.2, -0.15) is 0 Å². The summed E-state index contributed by atoms with van der Waals surface area (Å²) in [6.45, 7) is 0.118. The number of nitrogens with one attached hydrogen (secondary N) is 1. The molecule has 3 rings (SSSR count). The van der Waals surface area contributed by atoms with Gasteiger partial charge in [-0.25, -0.2) is 17.9 Å². The average molecular weight is 388 g/mol. The van der Waals surface area contributed by atoms with Crippen LogP contribution in [0.5, 0.6) is 0 Å². The molecule has 0 amide bonds. The predicted octanol–water partition coefficient (Wildman–Crippen LogP) is 3.08. The van der Waals surface area contributed by atoms with Gasteiger partial charge < -0.3 is 4.74 Å². The van der Waals surface area contributed by atoms with Crippen molar-refractivity contribution in [2.45, 2.75) is 11.4 Å². The highest BCUT2D eigenvalue weighted by Gasteiger charge is 2.15.